The van der Waals surface area contributed by atoms with Crippen LogP contribution in [0.3, 0.4) is 0 Å². The first kappa shape index (κ1) is 14.5. The lowest BCUT2D eigenvalue weighted by molar-refractivity contribution is 0.284. The van der Waals surface area contributed by atoms with Crippen LogP contribution in [0.1, 0.15) is 31.4 Å². The Kier molecular flexibility index (Phi) is 5.19. The molecule has 1 fully saturated rings. The van der Waals surface area contributed by atoms with Gasteiger partial charge in [-0.1, -0.05) is 37.1 Å². The van der Waals surface area contributed by atoms with Crippen molar-refractivity contribution < 1.29 is 0 Å². The van der Waals surface area contributed by atoms with Crippen LogP contribution in [0, 0.1) is 0 Å². The van der Waals surface area contributed by atoms with Gasteiger partial charge in [0, 0.05) is 25.0 Å². The summed E-state index contributed by atoms with van der Waals surface area (Å²) >= 11 is 0. The van der Waals surface area contributed by atoms with E-state index in [2.05, 4.69) is 40.5 Å². The number of nitrogens with one attached hydrogen (secondary N) is 1. The van der Waals surface area contributed by atoms with Crippen LogP contribution >= 0.6 is 0 Å². The second-order valence-corrected chi connectivity index (χ2v) is 5.93. The summed E-state index contributed by atoms with van der Waals surface area (Å²) < 4.78 is 0. The van der Waals surface area contributed by atoms with E-state index in [4.69, 9.17) is 4.98 Å². The quantitative estimate of drug-likeness (QED) is 0.854. The molecule has 0 unspecified atom stereocenters. The number of rotatable bonds is 5. The molecule has 3 heteroatoms. The Morgan fingerprint density at radius 1 is 0.952 bits per heavy atom. The van der Waals surface area contributed by atoms with Gasteiger partial charge in [-0.25, -0.2) is 0 Å². The predicted octanol–water partition coefficient (Wildman–Crippen LogP) is 3.20. The number of hydrogen-bond acceptors (Lipinski definition) is 3. The molecular formula is C18H25N3. The first-order valence-corrected chi connectivity index (χ1v) is 8.19. The van der Waals surface area contributed by atoms with E-state index < -0.39 is 0 Å². The molecule has 1 saturated heterocycles. The zero-order valence-electron chi connectivity index (χ0n) is 12.7. The lowest BCUT2D eigenvalue weighted by atomic mass is 10.2. The molecule has 3 rings (SSSR count). The van der Waals surface area contributed by atoms with Crippen molar-refractivity contribution in [2.45, 2.75) is 32.2 Å². The molecule has 2 aromatic rings. The Balaban J connectivity index is 1.45. The van der Waals surface area contributed by atoms with Crippen molar-refractivity contribution in [1.29, 1.82) is 0 Å². The monoisotopic (exact) mass is 283 g/mol. The lowest BCUT2D eigenvalue weighted by Crippen LogP contribution is -2.32. The van der Waals surface area contributed by atoms with Crippen molar-refractivity contribution in [3.63, 3.8) is 0 Å². The van der Waals surface area contributed by atoms with E-state index in [9.17, 15) is 0 Å². The molecule has 0 radical (unpaired) electrons. The molecule has 0 atom stereocenters. The number of nitrogens with zero attached hydrogens (tertiary/aromatic N) is 2. The Morgan fingerprint density at radius 2 is 1.76 bits per heavy atom. The highest BCUT2D eigenvalue weighted by atomic mass is 15.1. The molecule has 1 aromatic heterocycles. The standard InChI is InChI=1S/C18H25N3/c1-2-6-13-21(12-5-1)14-11-19-15-17-10-9-16-7-3-4-8-18(16)20-17/h3-4,7-10,19H,1-2,5-6,11-15H2. The van der Waals surface area contributed by atoms with Crippen LogP contribution in [-0.4, -0.2) is 36.1 Å². The van der Waals surface area contributed by atoms with Crippen molar-refractivity contribution in [1.82, 2.24) is 15.2 Å². The van der Waals surface area contributed by atoms with Crippen LogP contribution in [0.2, 0.25) is 0 Å². The van der Waals surface area contributed by atoms with Gasteiger partial charge in [-0.3, -0.25) is 4.98 Å². The summed E-state index contributed by atoms with van der Waals surface area (Å²) in [6.45, 7) is 5.62. The van der Waals surface area contributed by atoms with Crippen molar-refractivity contribution in [2.75, 3.05) is 26.2 Å². The van der Waals surface area contributed by atoms with E-state index in [-0.39, 0.29) is 0 Å². The van der Waals surface area contributed by atoms with E-state index in [0.29, 0.717) is 0 Å². The van der Waals surface area contributed by atoms with Crippen LogP contribution in [-0.2, 0) is 6.54 Å². The van der Waals surface area contributed by atoms with Crippen LogP contribution in [0.4, 0.5) is 0 Å². The molecule has 1 aliphatic heterocycles. The summed E-state index contributed by atoms with van der Waals surface area (Å²) in [7, 11) is 0. The number of hydrogen-bond donors (Lipinski definition) is 1. The van der Waals surface area contributed by atoms with Gasteiger partial charge in [0.25, 0.3) is 0 Å². The third kappa shape index (κ3) is 4.26. The molecule has 112 valence electrons. The van der Waals surface area contributed by atoms with Gasteiger partial charge in [0.1, 0.15) is 0 Å². The molecule has 0 amide bonds. The van der Waals surface area contributed by atoms with Crippen LogP contribution in [0.25, 0.3) is 10.9 Å². The van der Waals surface area contributed by atoms with Crippen molar-refractivity contribution in [2.24, 2.45) is 0 Å². The largest absolute Gasteiger partial charge is 0.310 e. The number of benzene rings is 1. The number of likely N-dealkylation sites (tertiary alicyclic amines) is 1. The second kappa shape index (κ2) is 7.53. The highest BCUT2D eigenvalue weighted by molar-refractivity contribution is 5.78. The lowest BCUT2D eigenvalue weighted by Gasteiger charge is -2.19. The Morgan fingerprint density at radius 3 is 2.62 bits per heavy atom. The van der Waals surface area contributed by atoms with Crippen molar-refractivity contribution >= 4 is 10.9 Å². The first-order chi connectivity index (χ1) is 10.4. The average molecular weight is 283 g/mol. The topological polar surface area (TPSA) is 28.2 Å². The molecule has 0 bridgehead atoms. The fraction of sp³-hybridized carbons (Fsp3) is 0.500. The van der Waals surface area contributed by atoms with E-state index in [0.717, 1.165) is 30.8 Å². The highest BCUT2D eigenvalue weighted by Crippen LogP contribution is 2.11. The van der Waals surface area contributed by atoms with Gasteiger partial charge in [-0.05, 0) is 38.1 Å². The van der Waals surface area contributed by atoms with Crippen molar-refractivity contribution in [3.05, 3.63) is 42.1 Å². The van der Waals surface area contributed by atoms with Gasteiger partial charge in [-0.2, -0.15) is 0 Å². The van der Waals surface area contributed by atoms with E-state index in [1.54, 1.807) is 0 Å². The maximum atomic E-state index is 4.70. The Labute approximate surface area is 127 Å². The summed E-state index contributed by atoms with van der Waals surface area (Å²) in [6, 6.07) is 12.6. The second-order valence-electron chi connectivity index (χ2n) is 5.93. The van der Waals surface area contributed by atoms with Gasteiger partial charge in [-0.15, -0.1) is 0 Å². The summed E-state index contributed by atoms with van der Waals surface area (Å²) in [5.74, 6) is 0. The average Bonchev–Trinajstić information content (AvgIpc) is 2.80. The normalized spacial score (nSPS) is 17.0. The highest BCUT2D eigenvalue weighted by Gasteiger charge is 2.07. The minimum absolute atomic E-state index is 0.860. The molecule has 1 N–H and O–H groups in total. The summed E-state index contributed by atoms with van der Waals surface area (Å²) in [5.41, 5.74) is 2.22. The Bertz CT molecular complexity index is 559. The van der Waals surface area contributed by atoms with E-state index in [1.807, 2.05) is 6.07 Å². The van der Waals surface area contributed by atoms with Gasteiger partial charge < -0.3 is 10.2 Å². The summed E-state index contributed by atoms with van der Waals surface area (Å²) in [4.78, 5) is 7.29. The maximum absolute atomic E-state index is 4.70. The molecule has 2 heterocycles. The molecule has 1 aliphatic rings. The Hall–Kier alpha value is -1.45. The van der Waals surface area contributed by atoms with Crippen LogP contribution in [0.5, 0.6) is 0 Å². The molecule has 0 aliphatic carbocycles. The molecule has 0 spiro atoms. The maximum Gasteiger partial charge on any atom is 0.0705 e. The fourth-order valence-electron chi connectivity index (χ4n) is 3.02. The minimum Gasteiger partial charge on any atom is -0.310 e. The third-order valence-electron chi connectivity index (χ3n) is 4.27. The van der Waals surface area contributed by atoms with E-state index >= 15 is 0 Å². The van der Waals surface area contributed by atoms with E-state index in [1.165, 1.54) is 44.2 Å². The van der Waals surface area contributed by atoms with Crippen molar-refractivity contribution in [3.8, 4) is 0 Å². The molecule has 3 nitrogen and oxygen atoms in total. The predicted molar refractivity (Wildman–Crippen MR) is 88.4 cm³/mol. The first-order valence-electron chi connectivity index (χ1n) is 8.19. The van der Waals surface area contributed by atoms with Crippen LogP contribution < -0.4 is 5.32 Å². The minimum atomic E-state index is 0.860. The van der Waals surface area contributed by atoms with Gasteiger partial charge in [0.2, 0.25) is 0 Å². The molecule has 1 aromatic carbocycles. The SMILES string of the molecule is c1ccc2nc(CNCCN3CCCCCC3)ccc2c1. The zero-order chi connectivity index (χ0) is 14.3. The van der Waals surface area contributed by atoms with Gasteiger partial charge in [0.15, 0.2) is 0 Å². The number of aromatic nitrogens is 1. The van der Waals surface area contributed by atoms with Gasteiger partial charge >= 0.3 is 0 Å². The third-order valence-corrected chi connectivity index (χ3v) is 4.27. The number of fused-ring (bicyclic) bond motifs is 1. The molecule has 21 heavy (non-hydrogen) atoms. The zero-order valence-corrected chi connectivity index (χ0v) is 12.7. The fourth-order valence-corrected chi connectivity index (χ4v) is 3.02. The van der Waals surface area contributed by atoms with Crippen LogP contribution in [0.15, 0.2) is 36.4 Å². The molecular weight excluding hydrogens is 258 g/mol. The number of para-hydroxylation sites is 1. The van der Waals surface area contributed by atoms with Gasteiger partial charge in [0.05, 0.1) is 11.2 Å². The molecule has 0 saturated carbocycles. The number of pyridine rings is 1. The smallest absolute Gasteiger partial charge is 0.0705 e. The summed E-state index contributed by atoms with van der Waals surface area (Å²) in [5, 5.41) is 4.74. The summed E-state index contributed by atoms with van der Waals surface area (Å²) in [6.07, 6.45) is 5.55.